The average Bonchev–Trinajstić information content (AvgIpc) is 2.79. The molecule has 1 aliphatic heterocycles. The number of fused-ring (bicyclic) bond motifs is 1. The Balaban J connectivity index is 2.10. The minimum absolute atomic E-state index is 0.191. The highest BCUT2D eigenvalue weighted by Crippen LogP contribution is 2.31. The number of rotatable bonds is 2. The van der Waals surface area contributed by atoms with Gasteiger partial charge in [0.05, 0.1) is 5.69 Å². The van der Waals surface area contributed by atoms with Crippen LogP contribution < -0.4 is 4.90 Å². The predicted molar refractivity (Wildman–Crippen MR) is 74.6 cm³/mol. The summed E-state index contributed by atoms with van der Waals surface area (Å²) >= 11 is 0. The van der Waals surface area contributed by atoms with Crippen LogP contribution in [0.1, 0.15) is 6.42 Å². The molecule has 2 aromatic rings. The Hall–Kier alpha value is -2.09. The molecule has 3 rings (SSSR count). The lowest BCUT2D eigenvalue weighted by molar-refractivity contribution is -0.117. The fourth-order valence-corrected chi connectivity index (χ4v) is 2.57. The summed E-state index contributed by atoms with van der Waals surface area (Å²) in [5, 5.41) is 2.31. The summed E-state index contributed by atoms with van der Waals surface area (Å²) in [6.07, 6.45) is 2.45. The number of anilines is 1. The van der Waals surface area contributed by atoms with Crippen LogP contribution >= 0.6 is 0 Å². The number of hydrogen-bond donors (Lipinski definition) is 0. The van der Waals surface area contributed by atoms with E-state index in [9.17, 15) is 4.79 Å². The summed E-state index contributed by atoms with van der Waals surface area (Å²) in [5.41, 5.74) is 1.02. The predicted octanol–water partition coefficient (Wildman–Crippen LogP) is 3.38. The summed E-state index contributed by atoms with van der Waals surface area (Å²) in [7, 11) is 0. The van der Waals surface area contributed by atoms with Gasteiger partial charge in [0.1, 0.15) is 0 Å². The molecule has 2 aromatic carbocycles. The molecule has 90 valence electrons. The molecule has 0 aromatic heterocycles. The van der Waals surface area contributed by atoms with Crippen molar-refractivity contribution in [3.8, 4) is 0 Å². The van der Waals surface area contributed by atoms with Crippen LogP contribution in [0.4, 0.5) is 5.69 Å². The van der Waals surface area contributed by atoms with Crippen LogP contribution in [0.2, 0.25) is 0 Å². The van der Waals surface area contributed by atoms with Gasteiger partial charge in [0.2, 0.25) is 5.91 Å². The quantitative estimate of drug-likeness (QED) is 0.733. The maximum absolute atomic E-state index is 12.1. The van der Waals surface area contributed by atoms with E-state index >= 15 is 0 Å². The van der Waals surface area contributed by atoms with Gasteiger partial charge in [-0.15, -0.1) is 6.58 Å². The third-order valence-electron chi connectivity index (χ3n) is 3.55. The fourth-order valence-electron chi connectivity index (χ4n) is 2.57. The van der Waals surface area contributed by atoms with Crippen LogP contribution in [0, 0.1) is 5.92 Å². The first-order valence-corrected chi connectivity index (χ1v) is 6.20. The Labute approximate surface area is 107 Å². The standard InChI is InChI=1S/C16H15NO/c1-2-12-10-16(18)17(11-12)15-9-5-7-13-6-3-4-8-14(13)15/h2-9,12H,1,10-11H2. The molecule has 1 amide bonds. The van der Waals surface area contributed by atoms with Gasteiger partial charge in [-0.3, -0.25) is 4.79 Å². The number of hydrogen-bond acceptors (Lipinski definition) is 1. The van der Waals surface area contributed by atoms with E-state index in [0.29, 0.717) is 6.42 Å². The smallest absolute Gasteiger partial charge is 0.227 e. The maximum atomic E-state index is 12.1. The second-order valence-corrected chi connectivity index (χ2v) is 4.70. The SMILES string of the molecule is C=CC1CC(=O)N(c2cccc3ccccc23)C1. The Morgan fingerprint density at radius 3 is 2.72 bits per heavy atom. The molecule has 1 fully saturated rings. The summed E-state index contributed by atoms with van der Waals surface area (Å²) in [4.78, 5) is 13.9. The lowest BCUT2D eigenvalue weighted by atomic mass is 10.1. The second-order valence-electron chi connectivity index (χ2n) is 4.70. The molecule has 2 nitrogen and oxygen atoms in total. The highest BCUT2D eigenvalue weighted by atomic mass is 16.2. The normalized spacial score (nSPS) is 19.4. The highest BCUT2D eigenvalue weighted by molar-refractivity contribution is 6.05. The first-order valence-electron chi connectivity index (χ1n) is 6.20. The van der Waals surface area contributed by atoms with E-state index in [0.717, 1.165) is 17.6 Å². The Kier molecular flexibility index (Phi) is 2.63. The van der Waals surface area contributed by atoms with E-state index < -0.39 is 0 Å². The van der Waals surface area contributed by atoms with Crippen molar-refractivity contribution in [3.05, 3.63) is 55.1 Å². The van der Waals surface area contributed by atoms with E-state index in [4.69, 9.17) is 0 Å². The Morgan fingerprint density at radius 2 is 1.94 bits per heavy atom. The second kappa shape index (κ2) is 4.30. The van der Waals surface area contributed by atoms with E-state index in [2.05, 4.69) is 24.8 Å². The summed E-state index contributed by atoms with van der Waals surface area (Å²) in [5.74, 6) is 0.465. The number of carbonyl (C=O) groups is 1. The molecule has 1 unspecified atom stereocenters. The van der Waals surface area contributed by atoms with Crippen molar-refractivity contribution < 1.29 is 4.79 Å². The third-order valence-corrected chi connectivity index (χ3v) is 3.55. The van der Waals surface area contributed by atoms with Crippen molar-refractivity contribution in [3.63, 3.8) is 0 Å². The van der Waals surface area contributed by atoms with Gasteiger partial charge in [0, 0.05) is 24.3 Å². The van der Waals surface area contributed by atoms with Gasteiger partial charge in [-0.1, -0.05) is 42.5 Å². The maximum Gasteiger partial charge on any atom is 0.227 e. The lowest BCUT2D eigenvalue weighted by Gasteiger charge is -2.18. The van der Waals surface area contributed by atoms with Gasteiger partial charge in [-0.25, -0.2) is 0 Å². The first kappa shape index (κ1) is 11.0. The number of nitrogens with zero attached hydrogens (tertiary/aromatic N) is 1. The topological polar surface area (TPSA) is 20.3 Å². The third kappa shape index (κ3) is 1.70. The molecule has 0 radical (unpaired) electrons. The lowest BCUT2D eigenvalue weighted by Crippen LogP contribution is -2.24. The monoisotopic (exact) mass is 237 g/mol. The fraction of sp³-hybridized carbons (Fsp3) is 0.188. The van der Waals surface area contributed by atoms with Gasteiger partial charge in [-0.05, 0) is 11.5 Å². The molecule has 0 bridgehead atoms. The molecule has 1 heterocycles. The van der Waals surface area contributed by atoms with Gasteiger partial charge >= 0.3 is 0 Å². The van der Waals surface area contributed by atoms with Crippen molar-refractivity contribution in [2.45, 2.75) is 6.42 Å². The minimum atomic E-state index is 0.191. The van der Waals surface area contributed by atoms with Crippen molar-refractivity contribution in [1.82, 2.24) is 0 Å². The van der Waals surface area contributed by atoms with Crippen LogP contribution in [-0.4, -0.2) is 12.5 Å². The number of benzene rings is 2. The molecule has 18 heavy (non-hydrogen) atoms. The van der Waals surface area contributed by atoms with Crippen LogP contribution in [0.5, 0.6) is 0 Å². The molecular weight excluding hydrogens is 222 g/mol. The highest BCUT2D eigenvalue weighted by Gasteiger charge is 2.29. The molecule has 0 spiro atoms. The molecule has 1 aliphatic rings. The van der Waals surface area contributed by atoms with Crippen molar-refractivity contribution in [2.24, 2.45) is 5.92 Å². The van der Waals surface area contributed by atoms with E-state index in [1.165, 1.54) is 5.39 Å². The van der Waals surface area contributed by atoms with Crippen LogP contribution in [0.15, 0.2) is 55.1 Å². The van der Waals surface area contributed by atoms with E-state index in [1.54, 1.807) is 0 Å². The van der Waals surface area contributed by atoms with Gasteiger partial charge in [0.15, 0.2) is 0 Å². The number of amides is 1. The summed E-state index contributed by atoms with van der Waals surface area (Å²) in [6.45, 7) is 4.54. The molecule has 1 atom stereocenters. The van der Waals surface area contributed by atoms with E-state index in [1.807, 2.05) is 35.2 Å². The zero-order chi connectivity index (χ0) is 12.5. The molecule has 0 saturated carbocycles. The molecular formula is C16H15NO. The largest absolute Gasteiger partial charge is 0.311 e. The number of carbonyl (C=O) groups excluding carboxylic acids is 1. The van der Waals surface area contributed by atoms with Crippen molar-refractivity contribution >= 4 is 22.4 Å². The molecule has 2 heteroatoms. The van der Waals surface area contributed by atoms with Crippen molar-refractivity contribution in [1.29, 1.82) is 0 Å². The summed E-state index contributed by atoms with van der Waals surface area (Å²) in [6, 6.07) is 14.3. The van der Waals surface area contributed by atoms with Crippen LogP contribution in [0.3, 0.4) is 0 Å². The van der Waals surface area contributed by atoms with Gasteiger partial charge < -0.3 is 4.90 Å². The average molecular weight is 237 g/mol. The Morgan fingerprint density at radius 1 is 1.17 bits per heavy atom. The zero-order valence-electron chi connectivity index (χ0n) is 10.2. The van der Waals surface area contributed by atoms with Crippen molar-refractivity contribution in [2.75, 3.05) is 11.4 Å². The van der Waals surface area contributed by atoms with Gasteiger partial charge in [-0.2, -0.15) is 0 Å². The Bertz CT molecular complexity index is 612. The minimum Gasteiger partial charge on any atom is -0.311 e. The van der Waals surface area contributed by atoms with E-state index in [-0.39, 0.29) is 11.8 Å². The first-order chi connectivity index (χ1) is 8.79. The van der Waals surface area contributed by atoms with Crippen LogP contribution in [0.25, 0.3) is 10.8 Å². The molecule has 0 N–H and O–H groups in total. The van der Waals surface area contributed by atoms with Gasteiger partial charge in [0.25, 0.3) is 0 Å². The summed E-state index contributed by atoms with van der Waals surface area (Å²) < 4.78 is 0. The van der Waals surface area contributed by atoms with Crippen LogP contribution in [-0.2, 0) is 4.79 Å². The molecule has 1 saturated heterocycles. The molecule has 0 aliphatic carbocycles. The zero-order valence-corrected chi connectivity index (χ0v) is 10.2.